The van der Waals surface area contributed by atoms with Gasteiger partial charge in [-0.25, -0.2) is 0 Å². The van der Waals surface area contributed by atoms with Gasteiger partial charge in [-0.2, -0.15) is 0 Å². The number of benzene rings is 2. The second kappa shape index (κ2) is 10.3. The minimum Gasteiger partial charge on any atom is -0.494 e. The third-order valence-corrected chi connectivity index (χ3v) is 3.92. The molecule has 2 rings (SSSR count). The van der Waals surface area contributed by atoms with E-state index in [9.17, 15) is 9.59 Å². The molecule has 0 unspecified atom stereocenters. The van der Waals surface area contributed by atoms with Crippen LogP contribution in [-0.2, 0) is 0 Å². The van der Waals surface area contributed by atoms with Crippen molar-refractivity contribution < 1.29 is 14.3 Å². The number of aryl methyl sites for hydroxylation is 1. The molecule has 0 atom stereocenters. The number of hydrazine groups is 1. The van der Waals surface area contributed by atoms with Crippen LogP contribution in [0.5, 0.6) is 5.75 Å². The number of thiocarbonyl (C=S) groups is 1. The number of hydrogen-bond donors (Lipinski definition) is 3. The second-order valence-electron chi connectivity index (χ2n) is 5.95. The molecule has 0 heterocycles. The highest BCUT2D eigenvalue weighted by molar-refractivity contribution is 7.80. The van der Waals surface area contributed by atoms with Crippen molar-refractivity contribution in [2.75, 3.05) is 6.61 Å². The van der Waals surface area contributed by atoms with Crippen LogP contribution in [0.2, 0.25) is 0 Å². The molecule has 2 aromatic rings. The fraction of sp³-hybridized carbons (Fsp3) is 0.250. The molecule has 0 aliphatic heterocycles. The van der Waals surface area contributed by atoms with Crippen LogP contribution in [0.25, 0.3) is 0 Å². The van der Waals surface area contributed by atoms with E-state index in [1.165, 1.54) is 0 Å². The van der Waals surface area contributed by atoms with Crippen LogP contribution >= 0.6 is 12.2 Å². The van der Waals surface area contributed by atoms with Crippen LogP contribution in [-0.4, -0.2) is 23.5 Å². The maximum Gasteiger partial charge on any atom is 0.269 e. The third kappa shape index (κ3) is 6.71. The highest BCUT2D eigenvalue weighted by Gasteiger charge is 2.10. The average molecular weight is 385 g/mol. The van der Waals surface area contributed by atoms with Crippen molar-refractivity contribution in [3.05, 3.63) is 65.2 Å². The average Bonchev–Trinajstić information content (AvgIpc) is 2.67. The lowest BCUT2D eigenvalue weighted by atomic mass is 10.1. The predicted molar refractivity (Wildman–Crippen MR) is 109 cm³/mol. The summed E-state index contributed by atoms with van der Waals surface area (Å²) < 4.78 is 5.56. The first-order valence-electron chi connectivity index (χ1n) is 8.71. The van der Waals surface area contributed by atoms with Gasteiger partial charge in [-0.1, -0.05) is 31.0 Å². The van der Waals surface area contributed by atoms with Crippen molar-refractivity contribution in [1.82, 2.24) is 16.2 Å². The molecule has 6 nitrogen and oxygen atoms in total. The molecule has 2 amide bonds. The quantitative estimate of drug-likeness (QED) is 0.404. The molecular weight excluding hydrogens is 362 g/mol. The smallest absolute Gasteiger partial charge is 0.269 e. The molecule has 0 aromatic heterocycles. The fourth-order valence-corrected chi connectivity index (χ4v) is 2.28. The molecule has 3 N–H and O–H groups in total. The van der Waals surface area contributed by atoms with Gasteiger partial charge in [-0.3, -0.25) is 25.8 Å². The number of hydrogen-bond acceptors (Lipinski definition) is 4. The summed E-state index contributed by atoms with van der Waals surface area (Å²) in [5.74, 6) is -0.0107. The predicted octanol–water partition coefficient (Wildman–Crippen LogP) is 3.12. The van der Waals surface area contributed by atoms with E-state index in [-0.39, 0.29) is 16.9 Å². The van der Waals surface area contributed by atoms with Crippen LogP contribution in [0.3, 0.4) is 0 Å². The Morgan fingerprint density at radius 3 is 2.15 bits per heavy atom. The largest absolute Gasteiger partial charge is 0.494 e. The van der Waals surface area contributed by atoms with Crippen molar-refractivity contribution in [2.24, 2.45) is 0 Å². The Hall–Kier alpha value is -2.93. The zero-order chi connectivity index (χ0) is 19.6. The van der Waals surface area contributed by atoms with E-state index in [4.69, 9.17) is 17.0 Å². The van der Waals surface area contributed by atoms with Gasteiger partial charge in [0, 0.05) is 11.1 Å². The van der Waals surface area contributed by atoms with Gasteiger partial charge in [0.05, 0.1) is 6.61 Å². The van der Waals surface area contributed by atoms with Gasteiger partial charge >= 0.3 is 0 Å². The van der Waals surface area contributed by atoms with Crippen LogP contribution in [0.4, 0.5) is 0 Å². The van der Waals surface area contributed by atoms with E-state index in [0.29, 0.717) is 23.5 Å². The molecule has 0 saturated heterocycles. The summed E-state index contributed by atoms with van der Waals surface area (Å²) in [5.41, 5.74) is 6.95. The number of ether oxygens (including phenoxy) is 1. The van der Waals surface area contributed by atoms with Crippen molar-refractivity contribution >= 4 is 29.1 Å². The first-order valence-corrected chi connectivity index (χ1v) is 9.11. The van der Waals surface area contributed by atoms with Gasteiger partial charge in [-0.15, -0.1) is 0 Å². The van der Waals surface area contributed by atoms with Gasteiger partial charge in [0.15, 0.2) is 5.11 Å². The van der Waals surface area contributed by atoms with E-state index in [1.807, 2.05) is 19.1 Å². The monoisotopic (exact) mass is 385 g/mol. The lowest BCUT2D eigenvalue weighted by molar-refractivity contribution is 0.0934. The first kappa shape index (κ1) is 20.4. The Balaban J connectivity index is 1.80. The molecule has 0 fully saturated rings. The maximum absolute atomic E-state index is 12.2. The lowest BCUT2D eigenvalue weighted by Crippen LogP contribution is -2.48. The highest BCUT2D eigenvalue weighted by Crippen LogP contribution is 2.12. The second-order valence-corrected chi connectivity index (χ2v) is 6.36. The summed E-state index contributed by atoms with van der Waals surface area (Å²) in [7, 11) is 0. The Morgan fingerprint density at radius 1 is 0.926 bits per heavy atom. The number of nitrogens with one attached hydrogen (secondary N) is 3. The number of carbonyl (C=O) groups excluding carboxylic acids is 2. The van der Waals surface area contributed by atoms with E-state index in [1.54, 1.807) is 36.4 Å². The van der Waals surface area contributed by atoms with Gasteiger partial charge in [0.2, 0.25) is 0 Å². The zero-order valence-electron chi connectivity index (χ0n) is 15.4. The molecular formula is C20H23N3O3S. The van der Waals surface area contributed by atoms with Gasteiger partial charge < -0.3 is 4.74 Å². The number of carbonyl (C=O) groups is 2. The standard InChI is InChI=1S/C20H23N3O3S/c1-3-4-13-26-17-11-9-15(10-12-17)18(24)21-20(27)23-22-19(25)16-7-5-14(2)6-8-16/h5-12H,3-4,13H2,1-2H3,(H,22,25)(H2,21,23,24,27). The molecule has 0 saturated carbocycles. The van der Waals surface area contributed by atoms with Crippen molar-refractivity contribution in [3.8, 4) is 5.75 Å². The molecule has 2 aromatic carbocycles. The summed E-state index contributed by atoms with van der Waals surface area (Å²) in [6.07, 6.45) is 2.04. The van der Waals surface area contributed by atoms with E-state index in [0.717, 1.165) is 18.4 Å². The van der Waals surface area contributed by atoms with Crippen LogP contribution < -0.4 is 20.9 Å². The highest BCUT2D eigenvalue weighted by atomic mass is 32.1. The van der Waals surface area contributed by atoms with Crippen molar-refractivity contribution in [1.29, 1.82) is 0 Å². The van der Waals surface area contributed by atoms with Crippen molar-refractivity contribution in [3.63, 3.8) is 0 Å². The molecule has 0 radical (unpaired) electrons. The Labute approximate surface area is 164 Å². The number of amides is 2. The minimum absolute atomic E-state index is 0.00346. The van der Waals surface area contributed by atoms with E-state index < -0.39 is 0 Å². The van der Waals surface area contributed by atoms with Crippen LogP contribution in [0.1, 0.15) is 46.0 Å². The van der Waals surface area contributed by atoms with Crippen LogP contribution in [0, 0.1) is 6.92 Å². The maximum atomic E-state index is 12.2. The molecule has 0 bridgehead atoms. The number of rotatable bonds is 6. The summed E-state index contributed by atoms with van der Waals surface area (Å²) in [6.45, 7) is 4.68. The summed E-state index contributed by atoms with van der Waals surface area (Å²) in [5, 5.41) is 2.51. The first-order chi connectivity index (χ1) is 13.0. The Kier molecular flexibility index (Phi) is 7.76. The van der Waals surface area contributed by atoms with Gasteiger partial charge in [0.25, 0.3) is 11.8 Å². The van der Waals surface area contributed by atoms with Crippen molar-refractivity contribution in [2.45, 2.75) is 26.7 Å². The Morgan fingerprint density at radius 2 is 1.52 bits per heavy atom. The zero-order valence-corrected chi connectivity index (χ0v) is 16.2. The summed E-state index contributed by atoms with van der Waals surface area (Å²) in [4.78, 5) is 24.2. The van der Waals surface area contributed by atoms with E-state index >= 15 is 0 Å². The van der Waals surface area contributed by atoms with Crippen LogP contribution in [0.15, 0.2) is 48.5 Å². The normalized spacial score (nSPS) is 10.0. The van der Waals surface area contributed by atoms with Gasteiger partial charge in [-0.05, 0) is 62.0 Å². The topological polar surface area (TPSA) is 79.5 Å². The molecule has 0 aliphatic carbocycles. The molecule has 0 spiro atoms. The third-order valence-electron chi connectivity index (χ3n) is 3.71. The lowest BCUT2D eigenvalue weighted by Gasteiger charge is -2.11. The van der Waals surface area contributed by atoms with E-state index in [2.05, 4.69) is 23.1 Å². The Bertz CT molecular complexity index is 789. The summed E-state index contributed by atoms with van der Waals surface area (Å²) in [6, 6.07) is 13.9. The molecule has 0 aliphatic rings. The summed E-state index contributed by atoms with van der Waals surface area (Å²) >= 11 is 5.03. The van der Waals surface area contributed by atoms with Gasteiger partial charge in [0.1, 0.15) is 5.75 Å². The SMILES string of the molecule is CCCCOc1ccc(C(=O)NC(=S)NNC(=O)c2ccc(C)cc2)cc1. The molecule has 27 heavy (non-hydrogen) atoms. The minimum atomic E-state index is -0.378. The molecule has 7 heteroatoms. The number of unbranched alkanes of at least 4 members (excludes halogenated alkanes) is 1. The fourth-order valence-electron chi connectivity index (χ4n) is 2.13. The molecule has 142 valence electrons.